The van der Waals surface area contributed by atoms with Crippen LogP contribution in [-0.2, 0) is 0 Å². The molecule has 0 aliphatic rings. The van der Waals surface area contributed by atoms with Gasteiger partial charge in [0.25, 0.3) is 5.91 Å². The maximum Gasteiger partial charge on any atom is 0.254 e. The van der Waals surface area contributed by atoms with Gasteiger partial charge in [0.1, 0.15) is 17.3 Å². The Morgan fingerprint density at radius 2 is 1.58 bits per heavy atom. The molecule has 0 fully saturated rings. The average molecular weight is 331 g/mol. The van der Waals surface area contributed by atoms with Crippen molar-refractivity contribution in [2.45, 2.75) is 19.9 Å². The minimum atomic E-state index is -0.298. The van der Waals surface area contributed by atoms with Crippen LogP contribution in [0, 0.1) is 12.7 Å². The molecule has 0 spiro atoms. The van der Waals surface area contributed by atoms with E-state index >= 15 is 0 Å². The van der Waals surface area contributed by atoms with Gasteiger partial charge in [-0.25, -0.2) is 4.39 Å². The number of benzene rings is 2. The number of carbonyl (C=O) groups is 1. The van der Waals surface area contributed by atoms with Crippen LogP contribution in [0.25, 0.3) is 0 Å². The Bertz CT molecular complexity index is 703. The lowest BCUT2D eigenvalue weighted by Gasteiger charge is -2.26. The predicted octanol–water partition coefficient (Wildman–Crippen LogP) is 3.98. The molecule has 0 radical (unpaired) electrons. The first kappa shape index (κ1) is 17.8. The highest BCUT2D eigenvalue weighted by atomic mass is 19.1. The lowest BCUT2D eigenvalue weighted by molar-refractivity contribution is 0.0742. The standard InChI is InChI=1S/C19H22FNO3/c1-12-17(23-4)10-15(11-18(12)24-5)19(22)21(3)13(2)14-6-8-16(20)9-7-14/h6-11,13H,1-5H3. The second-order valence-electron chi connectivity index (χ2n) is 5.65. The number of carbonyl (C=O) groups excluding carboxylic acids is 1. The first-order valence-corrected chi connectivity index (χ1v) is 7.64. The van der Waals surface area contributed by atoms with Crippen molar-refractivity contribution in [2.75, 3.05) is 21.3 Å². The number of nitrogens with zero attached hydrogens (tertiary/aromatic N) is 1. The highest BCUT2D eigenvalue weighted by Crippen LogP contribution is 2.31. The molecule has 0 saturated heterocycles. The van der Waals surface area contributed by atoms with Crippen LogP contribution in [0.15, 0.2) is 36.4 Å². The Morgan fingerprint density at radius 1 is 1.08 bits per heavy atom. The Hall–Kier alpha value is -2.56. The van der Waals surface area contributed by atoms with E-state index in [4.69, 9.17) is 9.47 Å². The SMILES string of the molecule is COc1cc(C(=O)N(C)C(C)c2ccc(F)cc2)cc(OC)c1C. The summed E-state index contributed by atoms with van der Waals surface area (Å²) >= 11 is 0. The number of ether oxygens (including phenoxy) is 2. The molecule has 4 nitrogen and oxygen atoms in total. The molecule has 5 heteroatoms. The van der Waals surface area contributed by atoms with Gasteiger partial charge in [-0.1, -0.05) is 12.1 Å². The van der Waals surface area contributed by atoms with E-state index in [9.17, 15) is 9.18 Å². The zero-order valence-electron chi connectivity index (χ0n) is 14.6. The molecule has 1 unspecified atom stereocenters. The summed E-state index contributed by atoms with van der Waals surface area (Å²) in [5.41, 5.74) is 2.18. The van der Waals surface area contributed by atoms with Crippen molar-refractivity contribution in [2.24, 2.45) is 0 Å². The Morgan fingerprint density at radius 3 is 2.04 bits per heavy atom. The van der Waals surface area contributed by atoms with E-state index < -0.39 is 0 Å². The van der Waals surface area contributed by atoms with Gasteiger partial charge in [0.2, 0.25) is 0 Å². The zero-order valence-corrected chi connectivity index (χ0v) is 14.6. The van der Waals surface area contributed by atoms with Crippen molar-refractivity contribution < 1.29 is 18.7 Å². The highest BCUT2D eigenvalue weighted by molar-refractivity contribution is 5.95. The third-order valence-corrected chi connectivity index (χ3v) is 4.25. The van der Waals surface area contributed by atoms with Crippen molar-refractivity contribution in [1.82, 2.24) is 4.90 Å². The summed E-state index contributed by atoms with van der Waals surface area (Å²) in [7, 11) is 4.83. The summed E-state index contributed by atoms with van der Waals surface area (Å²) in [5.74, 6) is 0.734. The van der Waals surface area contributed by atoms with Gasteiger partial charge in [0.05, 0.1) is 20.3 Å². The van der Waals surface area contributed by atoms with Crippen molar-refractivity contribution >= 4 is 5.91 Å². The van der Waals surface area contributed by atoms with E-state index in [0.717, 1.165) is 11.1 Å². The van der Waals surface area contributed by atoms with Crippen LogP contribution in [0.3, 0.4) is 0 Å². The lowest BCUT2D eigenvalue weighted by atomic mass is 10.0. The van der Waals surface area contributed by atoms with Gasteiger partial charge >= 0.3 is 0 Å². The van der Waals surface area contributed by atoms with Crippen LogP contribution in [0.1, 0.15) is 34.5 Å². The van der Waals surface area contributed by atoms with Gasteiger partial charge in [-0.15, -0.1) is 0 Å². The van der Waals surface area contributed by atoms with Crippen LogP contribution in [0.2, 0.25) is 0 Å². The minimum Gasteiger partial charge on any atom is -0.496 e. The van der Waals surface area contributed by atoms with Crippen LogP contribution < -0.4 is 9.47 Å². The van der Waals surface area contributed by atoms with E-state index in [1.807, 2.05) is 13.8 Å². The normalized spacial score (nSPS) is 11.8. The van der Waals surface area contributed by atoms with Gasteiger partial charge in [-0.05, 0) is 43.7 Å². The molecule has 2 aromatic carbocycles. The second kappa shape index (κ2) is 7.34. The maximum absolute atomic E-state index is 13.1. The van der Waals surface area contributed by atoms with Crippen LogP contribution in [0.5, 0.6) is 11.5 Å². The van der Waals surface area contributed by atoms with Gasteiger partial charge in [0.15, 0.2) is 0 Å². The highest BCUT2D eigenvalue weighted by Gasteiger charge is 2.21. The molecule has 1 atom stereocenters. The smallest absolute Gasteiger partial charge is 0.254 e. The molecule has 24 heavy (non-hydrogen) atoms. The number of methoxy groups -OCH3 is 2. The Kier molecular flexibility index (Phi) is 5.44. The Balaban J connectivity index is 2.31. The fourth-order valence-corrected chi connectivity index (χ4v) is 2.55. The first-order chi connectivity index (χ1) is 11.4. The van der Waals surface area contributed by atoms with Crippen LogP contribution in [0.4, 0.5) is 4.39 Å². The average Bonchev–Trinajstić information content (AvgIpc) is 2.60. The molecule has 128 valence electrons. The molecule has 2 aromatic rings. The molecule has 0 heterocycles. The topological polar surface area (TPSA) is 38.8 Å². The quantitative estimate of drug-likeness (QED) is 0.832. The molecule has 0 aliphatic carbocycles. The second-order valence-corrected chi connectivity index (χ2v) is 5.65. The number of rotatable bonds is 5. The monoisotopic (exact) mass is 331 g/mol. The fourth-order valence-electron chi connectivity index (χ4n) is 2.55. The first-order valence-electron chi connectivity index (χ1n) is 7.64. The van der Waals surface area contributed by atoms with E-state index in [2.05, 4.69) is 0 Å². The zero-order chi connectivity index (χ0) is 17.9. The molecule has 0 aromatic heterocycles. The van der Waals surface area contributed by atoms with Crippen molar-refractivity contribution in [3.05, 3.63) is 58.9 Å². The van der Waals surface area contributed by atoms with E-state index in [1.165, 1.54) is 12.1 Å². The number of hydrogen-bond acceptors (Lipinski definition) is 3. The molecule has 1 amide bonds. The number of amides is 1. The fraction of sp³-hybridized carbons (Fsp3) is 0.316. The lowest BCUT2D eigenvalue weighted by Crippen LogP contribution is -2.29. The third-order valence-electron chi connectivity index (χ3n) is 4.25. The largest absolute Gasteiger partial charge is 0.496 e. The minimum absolute atomic E-state index is 0.163. The maximum atomic E-state index is 13.1. The molecule has 0 aliphatic heterocycles. The van der Waals surface area contributed by atoms with Gasteiger partial charge in [-0.2, -0.15) is 0 Å². The summed E-state index contributed by atoms with van der Waals surface area (Å²) in [6.45, 7) is 3.77. The van der Waals surface area contributed by atoms with Gasteiger partial charge < -0.3 is 14.4 Å². The molecule has 0 N–H and O–H groups in total. The third kappa shape index (κ3) is 3.50. The van der Waals surface area contributed by atoms with Crippen molar-refractivity contribution in [1.29, 1.82) is 0 Å². The van der Waals surface area contributed by atoms with E-state index in [1.54, 1.807) is 50.4 Å². The summed E-state index contributed by atoms with van der Waals surface area (Å²) in [4.78, 5) is 14.4. The van der Waals surface area contributed by atoms with Crippen molar-refractivity contribution in [3.8, 4) is 11.5 Å². The molecule has 2 rings (SSSR count). The Labute approximate surface area is 141 Å². The summed E-state index contributed by atoms with van der Waals surface area (Å²) in [5, 5.41) is 0. The van der Waals surface area contributed by atoms with Crippen LogP contribution >= 0.6 is 0 Å². The molecule has 0 bridgehead atoms. The predicted molar refractivity (Wildman–Crippen MR) is 91.2 cm³/mol. The van der Waals surface area contributed by atoms with Gasteiger partial charge in [-0.3, -0.25) is 4.79 Å². The number of hydrogen-bond donors (Lipinski definition) is 0. The molecule has 0 saturated carbocycles. The van der Waals surface area contributed by atoms with E-state index in [0.29, 0.717) is 17.1 Å². The summed E-state index contributed by atoms with van der Waals surface area (Å²) in [6.07, 6.45) is 0. The molecular weight excluding hydrogens is 309 g/mol. The van der Waals surface area contributed by atoms with E-state index in [-0.39, 0.29) is 17.8 Å². The van der Waals surface area contributed by atoms with Crippen LogP contribution in [-0.4, -0.2) is 32.1 Å². The van der Waals surface area contributed by atoms with Gasteiger partial charge in [0, 0.05) is 18.2 Å². The summed E-state index contributed by atoms with van der Waals surface area (Å²) < 4.78 is 23.7. The number of halogens is 1. The summed E-state index contributed by atoms with van der Waals surface area (Å²) in [6, 6.07) is 9.35. The molecular formula is C19H22FNO3. The van der Waals surface area contributed by atoms with Crippen molar-refractivity contribution in [3.63, 3.8) is 0 Å².